The van der Waals surface area contributed by atoms with Crippen molar-refractivity contribution in [3.05, 3.63) is 64.6 Å². The normalized spacial score (nSPS) is 16.4. The Labute approximate surface area is 171 Å². The monoisotopic (exact) mass is 415 g/mol. The van der Waals surface area contributed by atoms with E-state index in [1.54, 1.807) is 61.7 Å². The number of methoxy groups -OCH3 is 2. The molecule has 0 bridgehead atoms. The van der Waals surface area contributed by atoms with E-state index in [4.69, 9.17) is 21.7 Å². The Morgan fingerprint density at radius 1 is 1.18 bits per heavy atom. The molecule has 144 valence electrons. The zero-order chi connectivity index (χ0) is 20.3. The molecule has 6 nitrogen and oxygen atoms in total. The van der Waals surface area contributed by atoms with Crippen LogP contribution in [0.15, 0.2) is 53.4 Å². The molecule has 1 saturated heterocycles. The van der Waals surface area contributed by atoms with Gasteiger partial charge in [-0.2, -0.15) is 0 Å². The van der Waals surface area contributed by atoms with Gasteiger partial charge in [-0.05, 0) is 23.8 Å². The molecule has 3 rings (SSSR count). The fraction of sp³-hybridized carbons (Fsp3) is 0.150. The highest BCUT2D eigenvalue weighted by atomic mass is 32.2. The van der Waals surface area contributed by atoms with Crippen molar-refractivity contribution in [3.8, 4) is 11.5 Å². The van der Waals surface area contributed by atoms with Gasteiger partial charge >= 0.3 is 5.97 Å². The summed E-state index contributed by atoms with van der Waals surface area (Å²) in [6, 6.07) is 12.6. The first-order valence-corrected chi connectivity index (χ1v) is 9.45. The number of hydrogen-bond donors (Lipinski definition) is 1. The van der Waals surface area contributed by atoms with Crippen molar-refractivity contribution in [2.45, 2.75) is 6.04 Å². The second-order valence-corrected chi connectivity index (χ2v) is 7.49. The van der Waals surface area contributed by atoms with E-state index in [0.29, 0.717) is 27.5 Å². The molecule has 28 heavy (non-hydrogen) atoms. The number of thioether (sulfide) groups is 1. The van der Waals surface area contributed by atoms with E-state index in [9.17, 15) is 14.7 Å². The summed E-state index contributed by atoms with van der Waals surface area (Å²) in [5.74, 6) is -0.450. The van der Waals surface area contributed by atoms with Crippen molar-refractivity contribution in [1.82, 2.24) is 4.90 Å². The minimum Gasteiger partial charge on any atom is -0.497 e. The molecule has 0 saturated carbocycles. The lowest BCUT2D eigenvalue weighted by Gasteiger charge is -2.23. The van der Waals surface area contributed by atoms with Gasteiger partial charge in [0.25, 0.3) is 5.91 Å². The fourth-order valence-electron chi connectivity index (χ4n) is 2.82. The minimum absolute atomic E-state index is 0.194. The van der Waals surface area contributed by atoms with Gasteiger partial charge in [-0.25, -0.2) is 4.79 Å². The number of rotatable bonds is 6. The Morgan fingerprint density at radius 3 is 2.50 bits per heavy atom. The summed E-state index contributed by atoms with van der Waals surface area (Å²) in [7, 11) is 3.07. The van der Waals surface area contributed by atoms with Gasteiger partial charge in [0.15, 0.2) is 6.04 Å². The molecule has 1 aliphatic heterocycles. The maximum atomic E-state index is 13.0. The molecule has 0 aromatic heterocycles. The summed E-state index contributed by atoms with van der Waals surface area (Å²) in [4.78, 5) is 26.3. The molecule has 1 heterocycles. The molecular weight excluding hydrogens is 398 g/mol. The second kappa shape index (κ2) is 8.45. The molecule has 8 heteroatoms. The van der Waals surface area contributed by atoms with Gasteiger partial charge in [0.05, 0.1) is 19.1 Å². The Morgan fingerprint density at radius 2 is 1.89 bits per heavy atom. The molecule has 1 aliphatic rings. The van der Waals surface area contributed by atoms with Crippen LogP contribution >= 0.6 is 24.0 Å². The molecule has 1 atom stereocenters. The summed E-state index contributed by atoms with van der Waals surface area (Å²) in [5, 5.41) is 9.72. The number of aliphatic carboxylic acids is 1. The maximum absolute atomic E-state index is 13.0. The van der Waals surface area contributed by atoms with Crippen LogP contribution in [0.4, 0.5) is 0 Å². The number of carbonyl (C=O) groups excluding carboxylic acids is 1. The maximum Gasteiger partial charge on any atom is 0.331 e. The molecule has 1 amide bonds. The third-order valence-corrected chi connectivity index (χ3v) is 5.49. The lowest BCUT2D eigenvalue weighted by atomic mass is 10.1. The molecule has 0 spiro atoms. The molecule has 2 aromatic carbocycles. The average molecular weight is 415 g/mol. The Balaban J connectivity index is 1.97. The summed E-state index contributed by atoms with van der Waals surface area (Å²) in [6.45, 7) is 0. The molecule has 2 aromatic rings. The Kier molecular flexibility index (Phi) is 6.01. The van der Waals surface area contributed by atoms with Crippen LogP contribution in [0.2, 0.25) is 0 Å². The van der Waals surface area contributed by atoms with Crippen molar-refractivity contribution in [2.24, 2.45) is 0 Å². The van der Waals surface area contributed by atoms with Crippen molar-refractivity contribution in [2.75, 3.05) is 14.2 Å². The number of amides is 1. The van der Waals surface area contributed by atoms with E-state index in [1.165, 1.54) is 7.11 Å². The number of thiocarbonyl (C=S) groups is 1. The van der Waals surface area contributed by atoms with Crippen LogP contribution in [0.5, 0.6) is 11.5 Å². The molecule has 0 aliphatic carbocycles. The van der Waals surface area contributed by atoms with Gasteiger partial charge in [0, 0.05) is 11.6 Å². The highest BCUT2D eigenvalue weighted by molar-refractivity contribution is 8.26. The van der Waals surface area contributed by atoms with Crippen LogP contribution in [-0.2, 0) is 9.59 Å². The standard InChI is InChI=1S/C20H17NO5S2/c1-25-14-9-8-13(15(11-14)26-2)10-16-18(22)21(20(27)28-16)17(19(23)24)12-6-4-3-5-7-12/h3-11,17H,1-2H3,(H,23,24)/b16-10-/t17-/m1/s1. The summed E-state index contributed by atoms with van der Waals surface area (Å²) >= 11 is 6.38. The zero-order valence-electron chi connectivity index (χ0n) is 15.1. The first kappa shape index (κ1) is 19.9. The molecule has 1 fully saturated rings. The summed E-state index contributed by atoms with van der Waals surface area (Å²) in [5.41, 5.74) is 1.14. The van der Waals surface area contributed by atoms with Gasteiger partial charge < -0.3 is 14.6 Å². The van der Waals surface area contributed by atoms with Crippen molar-refractivity contribution < 1.29 is 24.2 Å². The summed E-state index contributed by atoms with van der Waals surface area (Å²) in [6.07, 6.45) is 1.64. The number of hydrogen-bond acceptors (Lipinski definition) is 6. The van der Waals surface area contributed by atoms with Gasteiger partial charge in [-0.3, -0.25) is 9.69 Å². The van der Waals surface area contributed by atoms with Gasteiger partial charge in [0.1, 0.15) is 15.8 Å². The van der Waals surface area contributed by atoms with Crippen LogP contribution in [0, 0.1) is 0 Å². The first-order valence-electron chi connectivity index (χ1n) is 8.23. The Bertz CT molecular complexity index is 958. The van der Waals surface area contributed by atoms with Crippen molar-refractivity contribution in [3.63, 3.8) is 0 Å². The lowest BCUT2D eigenvalue weighted by molar-refractivity contribution is -0.145. The molecule has 0 unspecified atom stereocenters. The van der Waals surface area contributed by atoms with Crippen LogP contribution in [0.3, 0.4) is 0 Å². The van der Waals surface area contributed by atoms with E-state index in [2.05, 4.69) is 0 Å². The fourth-order valence-corrected chi connectivity index (χ4v) is 4.12. The molecule has 0 radical (unpaired) electrons. The summed E-state index contributed by atoms with van der Waals surface area (Å²) < 4.78 is 10.7. The Hall–Kier alpha value is -2.84. The van der Waals surface area contributed by atoms with E-state index >= 15 is 0 Å². The number of carboxylic acid groups (broad SMARTS) is 1. The highest BCUT2D eigenvalue weighted by Gasteiger charge is 2.41. The van der Waals surface area contributed by atoms with Gasteiger partial charge in [-0.1, -0.05) is 54.3 Å². The predicted octanol–water partition coefficient (Wildman–Crippen LogP) is 3.73. The predicted molar refractivity (Wildman–Crippen MR) is 111 cm³/mol. The van der Waals surface area contributed by atoms with E-state index in [0.717, 1.165) is 16.7 Å². The minimum atomic E-state index is -1.18. The van der Waals surface area contributed by atoms with E-state index in [-0.39, 0.29) is 4.32 Å². The van der Waals surface area contributed by atoms with Crippen LogP contribution in [0.1, 0.15) is 17.2 Å². The number of carbonyl (C=O) groups is 2. The smallest absolute Gasteiger partial charge is 0.331 e. The number of benzene rings is 2. The quantitative estimate of drug-likeness (QED) is 0.569. The molecular formula is C20H17NO5S2. The van der Waals surface area contributed by atoms with E-state index in [1.807, 2.05) is 0 Å². The third kappa shape index (κ3) is 3.88. The topological polar surface area (TPSA) is 76.1 Å². The highest BCUT2D eigenvalue weighted by Crippen LogP contribution is 2.39. The molecule has 1 N–H and O–H groups in total. The van der Waals surface area contributed by atoms with Gasteiger partial charge in [-0.15, -0.1) is 0 Å². The lowest BCUT2D eigenvalue weighted by Crippen LogP contribution is -2.37. The first-order chi connectivity index (χ1) is 13.5. The van der Waals surface area contributed by atoms with Gasteiger partial charge in [0.2, 0.25) is 0 Å². The largest absolute Gasteiger partial charge is 0.497 e. The van der Waals surface area contributed by atoms with Crippen molar-refractivity contribution >= 4 is 46.3 Å². The van der Waals surface area contributed by atoms with Crippen LogP contribution < -0.4 is 9.47 Å². The van der Waals surface area contributed by atoms with Crippen LogP contribution in [-0.4, -0.2) is 40.4 Å². The van der Waals surface area contributed by atoms with Crippen molar-refractivity contribution in [1.29, 1.82) is 0 Å². The zero-order valence-corrected chi connectivity index (χ0v) is 16.8. The SMILES string of the molecule is COc1ccc(/C=C2\SC(=S)N([C@@H](C(=O)O)c3ccccc3)C2=O)c(OC)c1. The number of ether oxygens (including phenoxy) is 2. The number of nitrogens with zero attached hydrogens (tertiary/aromatic N) is 1. The third-order valence-electron chi connectivity index (χ3n) is 4.16. The second-order valence-electron chi connectivity index (χ2n) is 5.81. The van der Waals surface area contributed by atoms with Crippen LogP contribution in [0.25, 0.3) is 6.08 Å². The van der Waals surface area contributed by atoms with E-state index < -0.39 is 17.9 Å². The average Bonchev–Trinajstić information content (AvgIpc) is 2.97. The number of carboxylic acids is 1.